The Kier molecular flexibility index (Phi) is 7.49. The third-order valence-electron chi connectivity index (χ3n) is 4.58. The number of carbonyl (C=O) groups is 1. The number of para-hydroxylation sites is 3. The zero-order valence-electron chi connectivity index (χ0n) is 17.8. The quantitative estimate of drug-likeness (QED) is 0.330. The Balaban J connectivity index is 1.50. The average Bonchev–Trinajstić information content (AvgIpc) is 3.25. The largest absolute Gasteiger partial charge is 0.493 e. The topological polar surface area (TPSA) is 78.3 Å². The average molecular weight is 481 g/mol. The van der Waals surface area contributed by atoms with Crippen LogP contribution in [-0.4, -0.2) is 33.5 Å². The van der Waals surface area contributed by atoms with Gasteiger partial charge in [0.2, 0.25) is 5.91 Å². The van der Waals surface area contributed by atoms with Gasteiger partial charge < -0.3 is 14.8 Å². The minimum atomic E-state index is -0.170. The standard InChI is InChI=1S/C24H21ClN4O3S/c1-31-20-12-5-6-13-21(20)32-15-22-27-28-24(29(22)19-10-3-2-4-11-19)33-16-23(30)26-18-9-7-8-17(25)14-18/h2-14H,15-16H2,1H3,(H,26,30). The Morgan fingerprint density at radius 1 is 1.00 bits per heavy atom. The molecule has 0 aliphatic heterocycles. The van der Waals surface area contributed by atoms with E-state index in [2.05, 4.69) is 15.5 Å². The number of benzene rings is 3. The lowest BCUT2D eigenvalue weighted by atomic mass is 10.3. The fourth-order valence-electron chi connectivity index (χ4n) is 3.10. The number of nitrogens with one attached hydrogen (secondary N) is 1. The van der Waals surface area contributed by atoms with Crippen LogP contribution in [0, 0.1) is 0 Å². The van der Waals surface area contributed by atoms with Crippen LogP contribution in [0.2, 0.25) is 5.02 Å². The van der Waals surface area contributed by atoms with Gasteiger partial charge in [-0.3, -0.25) is 9.36 Å². The number of halogens is 1. The smallest absolute Gasteiger partial charge is 0.234 e. The van der Waals surface area contributed by atoms with Crippen LogP contribution in [0.25, 0.3) is 5.69 Å². The maximum Gasteiger partial charge on any atom is 0.234 e. The van der Waals surface area contributed by atoms with Crippen LogP contribution in [0.3, 0.4) is 0 Å². The van der Waals surface area contributed by atoms with Crippen molar-refractivity contribution in [3.63, 3.8) is 0 Å². The Hall–Kier alpha value is -3.49. The van der Waals surface area contributed by atoms with Crippen molar-refractivity contribution in [2.24, 2.45) is 0 Å². The third-order valence-corrected chi connectivity index (χ3v) is 5.75. The molecule has 0 bridgehead atoms. The van der Waals surface area contributed by atoms with Crippen molar-refractivity contribution in [1.82, 2.24) is 14.8 Å². The molecule has 0 saturated carbocycles. The molecule has 33 heavy (non-hydrogen) atoms. The van der Waals surface area contributed by atoms with Gasteiger partial charge in [-0.2, -0.15) is 0 Å². The number of nitrogens with zero attached hydrogens (tertiary/aromatic N) is 3. The molecule has 7 nitrogen and oxygen atoms in total. The van der Waals surface area contributed by atoms with Gasteiger partial charge >= 0.3 is 0 Å². The van der Waals surface area contributed by atoms with Gasteiger partial charge in [0.05, 0.1) is 12.9 Å². The molecular weight excluding hydrogens is 460 g/mol. The molecule has 0 aliphatic rings. The SMILES string of the molecule is COc1ccccc1OCc1nnc(SCC(=O)Nc2cccc(Cl)c2)n1-c1ccccc1. The van der Waals surface area contributed by atoms with Crippen molar-refractivity contribution in [2.75, 3.05) is 18.2 Å². The summed E-state index contributed by atoms with van der Waals surface area (Å²) in [4.78, 5) is 12.5. The van der Waals surface area contributed by atoms with E-state index < -0.39 is 0 Å². The summed E-state index contributed by atoms with van der Waals surface area (Å²) in [6.07, 6.45) is 0. The van der Waals surface area contributed by atoms with E-state index in [0.29, 0.717) is 33.2 Å². The number of thioether (sulfide) groups is 1. The number of carbonyl (C=O) groups excluding carboxylic acids is 1. The first-order chi connectivity index (χ1) is 16.1. The maximum absolute atomic E-state index is 12.5. The number of aromatic nitrogens is 3. The molecule has 1 heterocycles. The number of amides is 1. The molecule has 0 spiro atoms. The molecule has 3 aromatic carbocycles. The summed E-state index contributed by atoms with van der Waals surface area (Å²) in [5.41, 5.74) is 1.52. The van der Waals surface area contributed by atoms with E-state index >= 15 is 0 Å². The van der Waals surface area contributed by atoms with Gasteiger partial charge in [0, 0.05) is 16.4 Å². The molecule has 4 aromatic rings. The molecule has 0 saturated heterocycles. The molecule has 168 valence electrons. The molecule has 0 unspecified atom stereocenters. The number of ether oxygens (including phenoxy) is 2. The first-order valence-corrected chi connectivity index (χ1v) is 11.4. The fourth-order valence-corrected chi connectivity index (χ4v) is 4.06. The normalized spacial score (nSPS) is 10.6. The Bertz CT molecular complexity index is 1230. The van der Waals surface area contributed by atoms with E-state index in [-0.39, 0.29) is 18.3 Å². The maximum atomic E-state index is 12.5. The van der Waals surface area contributed by atoms with E-state index in [4.69, 9.17) is 21.1 Å². The molecule has 0 atom stereocenters. The first kappa shape index (κ1) is 22.7. The molecule has 0 aliphatic carbocycles. The predicted molar refractivity (Wildman–Crippen MR) is 129 cm³/mol. The van der Waals surface area contributed by atoms with E-state index in [1.165, 1.54) is 11.8 Å². The predicted octanol–water partition coefficient (Wildman–Crippen LogP) is 5.24. The number of hydrogen-bond acceptors (Lipinski definition) is 6. The van der Waals surface area contributed by atoms with Gasteiger partial charge in [-0.1, -0.05) is 59.8 Å². The van der Waals surface area contributed by atoms with Crippen LogP contribution in [0.15, 0.2) is 84.0 Å². The first-order valence-electron chi connectivity index (χ1n) is 10.1. The van der Waals surface area contributed by atoms with Crippen molar-refractivity contribution >= 4 is 35.0 Å². The van der Waals surface area contributed by atoms with E-state index in [0.717, 1.165) is 5.69 Å². The van der Waals surface area contributed by atoms with Gasteiger partial charge in [0.15, 0.2) is 22.5 Å². The van der Waals surface area contributed by atoms with Crippen molar-refractivity contribution in [3.8, 4) is 17.2 Å². The molecule has 1 N–H and O–H groups in total. The van der Waals surface area contributed by atoms with Gasteiger partial charge in [-0.25, -0.2) is 0 Å². The summed E-state index contributed by atoms with van der Waals surface area (Å²) >= 11 is 7.28. The van der Waals surface area contributed by atoms with Crippen molar-refractivity contribution in [1.29, 1.82) is 0 Å². The molecular formula is C24H21ClN4O3S. The van der Waals surface area contributed by atoms with Crippen LogP contribution in [0.4, 0.5) is 5.69 Å². The van der Waals surface area contributed by atoms with Gasteiger partial charge in [0.1, 0.15) is 6.61 Å². The molecule has 4 rings (SSSR count). The molecule has 9 heteroatoms. The van der Waals surface area contributed by atoms with E-state index in [1.54, 1.807) is 31.4 Å². The van der Waals surface area contributed by atoms with E-state index in [1.807, 2.05) is 59.2 Å². The van der Waals surface area contributed by atoms with Crippen molar-refractivity contribution in [3.05, 3.63) is 89.7 Å². The Morgan fingerprint density at radius 3 is 2.52 bits per heavy atom. The second kappa shape index (κ2) is 10.9. The minimum Gasteiger partial charge on any atom is -0.493 e. The highest BCUT2D eigenvalue weighted by Crippen LogP contribution is 2.28. The Morgan fingerprint density at radius 2 is 1.76 bits per heavy atom. The lowest BCUT2D eigenvalue weighted by molar-refractivity contribution is -0.113. The van der Waals surface area contributed by atoms with Crippen molar-refractivity contribution < 1.29 is 14.3 Å². The zero-order chi connectivity index (χ0) is 23.0. The minimum absolute atomic E-state index is 0.158. The number of rotatable bonds is 9. The van der Waals surface area contributed by atoms with Gasteiger partial charge in [-0.15, -0.1) is 10.2 Å². The molecule has 1 amide bonds. The van der Waals surface area contributed by atoms with Crippen LogP contribution in [-0.2, 0) is 11.4 Å². The fraction of sp³-hybridized carbons (Fsp3) is 0.125. The zero-order valence-corrected chi connectivity index (χ0v) is 19.3. The lowest BCUT2D eigenvalue weighted by Gasteiger charge is -2.12. The number of methoxy groups -OCH3 is 1. The number of anilines is 1. The second-order valence-electron chi connectivity index (χ2n) is 6.86. The van der Waals surface area contributed by atoms with Crippen LogP contribution < -0.4 is 14.8 Å². The molecule has 0 radical (unpaired) electrons. The summed E-state index contributed by atoms with van der Waals surface area (Å²) in [5, 5.41) is 12.6. The third kappa shape index (κ3) is 5.85. The molecule has 1 aromatic heterocycles. The summed E-state index contributed by atoms with van der Waals surface area (Å²) in [7, 11) is 1.60. The van der Waals surface area contributed by atoms with Crippen LogP contribution in [0.1, 0.15) is 5.82 Å². The highest BCUT2D eigenvalue weighted by atomic mass is 35.5. The highest BCUT2D eigenvalue weighted by Gasteiger charge is 2.17. The number of hydrogen-bond donors (Lipinski definition) is 1. The summed E-state index contributed by atoms with van der Waals surface area (Å²) in [6, 6.07) is 24.1. The Labute approximate surface area is 200 Å². The van der Waals surface area contributed by atoms with E-state index in [9.17, 15) is 4.79 Å². The van der Waals surface area contributed by atoms with Crippen molar-refractivity contribution in [2.45, 2.75) is 11.8 Å². The lowest BCUT2D eigenvalue weighted by Crippen LogP contribution is -2.14. The van der Waals surface area contributed by atoms with Crippen LogP contribution >= 0.6 is 23.4 Å². The highest BCUT2D eigenvalue weighted by molar-refractivity contribution is 7.99. The van der Waals surface area contributed by atoms with Gasteiger partial charge in [0.25, 0.3) is 0 Å². The molecule has 0 fully saturated rings. The summed E-state index contributed by atoms with van der Waals surface area (Å²) in [6.45, 7) is 0.178. The summed E-state index contributed by atoms with van der Waals surface area (Å²) in [5.74, 6) is 1.83. The summed E-state index contributed by atoms with van der Waals surface area (Å²) < 4.78 is 13.2. The van der Waals surface area contributed by atoms with Gasteiger partial charge in [-0.05, 0) is 42.5 Å². The monoisotopic (exact) mass is 480 g/mol. The second-order valence-corrected chi connectivity index (χ2v) is 8.24. The van der Waals surface area contributed by atoms with Crippen LogP contribution in [0.5, 0.6) is 11.5 Å².